The van der Waals surface area contributed by atoms with Gasteiger partial charge in [0.15, 0.2) is 5.69 Å². The van der Waals surface area contributed by atoms with Crippen molar-refractivity contribution in [2.75, 3.05) is 0 Å². The van der Waals surface area contributed by atoms with E-state index in [2.05, 4.69) is 17.7 Å². The summed E-state index contributed by atoms with van der Waals surface area (Å²) >= 11 is 3.93. The van der Waals surface area contributed by atoms with Crippen molar-refractivity contribution in [3.63, 3.8) is 0 Å². The average Bonchev–Trinajstić information content (AvgIpc) is 2.76. The maximum absolute atomic E-state index is 13.2. The molecule has 0 aliphatic rings. The number of thiol groups is 1. The van der Waals surface area contributed by atoms with Gasteiger partial charge in [-0.3, -0.25) is 0 Å². The molecule has 0 saturated heterocycles. The topological polar surface area (TPSA) is 17.8 Å². The molecule has 0 saturated carbocycles. The normalized spacial score (nSPS) is 11.9. The number of benzene rings is 1. The second-order valence-corrected chi connectivity index (χ2v) is 4.62. The molecule has 0 N–H and O–H groups in total. The van der Waals surface area contributed by atoms with E-state index in [-0.39, 0.29) is 11.3 Å². The van der Waals surface area contributed by atoms with Crippen LogP contribution in [0.15, 0.2) is 24.4 Å². The Labute approximate surface area is 114 Å². The fraction of sp³-hybridized carbons (Fsp3) is 0.308. The average molecular weight is 286 g/mol. The molecule has 1 aromatic carbocycles. The highest BCUT2D eigenvalue weighted by molar-refractivity contribution is 7.79. The van der Waals surface area contributed by atoms with Gasteiger partial charge in [0.05, 0.1) is 11.9 Å². The van der Waals surface area contributed by atoms with E-state index >= 15 is 0 Å². The smallest absolute Gasteiger partial charge is 0.228 e. The molecule has 0 amide bonds. The molecule has 0 aliphatic carbocycles. The second-order valence-electron chi connectivity index (χ2n) is 4.31. The number of halogens is 3. The van der Waals surface area contributed by atoms with E-state index in [4.69, 9.17) is 0 Å². The number of aryl methyl sites for hydroxylation is 1. The Morgan fingerprint density at radius 2 is 1.95 bits per heavy atom. The Hall–Kier alpha value is -1.43. The van der Waals surface area contributed by atoms with Crippen LogP contribution in [0.2, 0.25) is 0 Å². The van der Waals surface area contributed by atoms with Gasteiger partial charge in [-0.2, -0.15) is 30.9 Å². The monoisotopic (exact) mass is 286 g/mol. The first kappa shape index (κ1) is 14.0. The van der Waals surface area contributed by atoms with E-state index in [1.54, 1.807) is 19.1 Å². The highest BCUT2D eigenvalue weighted by atomic mass is 32.1. The van der Waals surface area contributed by atoms with Crippen molar-refractivity contribution < 1.29 is 13.2 Å². The summed E-state index contributed by atoms with van der Waals surface area (Å²) in [6.45, 7) is 3.64. The van der Waals surface area contributed by atoms with Crippen LogP contribution in [-0.4, -0.2) is 9.78 Å². The van der Waals surface area contributed by atoms with Crippen molar-refractivity contribution in [3.05, 3.63) is 46.8 Å². The molecular formula is C13H13F3N2S. The van der Waals surface area contributed by atoms with E-state index in [1.165, 1.54) is 6.20 Å². The van der Waals surface area contributed by atoms with Crippen LogP contribution >= 0.6 is 12.6 Å². The molecule has 19 heavy (non-hydrogen) atoms. The summed E-state index contributed by atoms with van der Waals surface area (Å²) in [7, 11) is 0. The third-order valence-corrected chi connectivity index (χ3v) is 3.43. The van der Waals surface area contributed by atoms with Crippen LogP contribution in [0.25, 0.3) is 5.69 Å². The molecular weight excluding hydrogens is 273 g/mol. The maximum Gasteiger partial charge on any atom is 0.433 e. The molecule has 0 fully saturated rings. The number of aromatic nitrogens is 2. The Kier molecular flexibility index (Phi) is 3.62. The molecule has 0 bridgehead atoms. The minimum Gasteiger partial charge on any atom is -0.228 e. The molecule has 2 aromatic rings. The van der Waals surface area contributed by atoms with Crippen molar-refractivity contribution in [2.45, 2.75) is 25.8 Å². The molecule has 0 spiro atoms. The van der Waals surface area contributed by atoms with E-state index in [9.17, 15) is 13.2 Å². The zero-order valence-electron chi connectivity index (χ0n) is 10.5. The molecule has 1 heterocycles. The van der Waals surface area contributed by atoms with Gasteiger partial charge < -0.3 is 0 Å². The van der Waals surface area contributed by atoms with Gasteiger partial charge in [0.2, 0.25) is 0 Å². The quantitative estimate of drug-likeness (QED) is 0.828. The van der Waals surface area contributed by atoms with E-state index in [1.807, 2.05) is 13.0 Å². The van der Waals surface area contributed by atoms with Crippen molar-refractivity contribution in [3.8, 4) is 5.69 Å². The van der Waals surface area contributed by atoms with Gasteiger partial charge in [0.1, 0.15) is 0 Å². The van der Waals surface area contributed by atoms with Crippen LogP contribution in [0.1, 0.15) is 22.4 Å². The van der Waals surface area contributed by atoms with Gasteiger partial charge in [0, 0.05) is 11.3 Å². The van der Waals surface area contributed by atoms with Crippen molar-refractivity contribution in [2.24, 2.45) is 0 Å². The maximum atomic E-state index is 13.2. The molecule has 102 valence electrons. The number of nitrogens with zero attached hydrogens (tertiary/aromatic N) is 2. The van der Waals surface area contributed by atoms with Crippen molar-refractivity contribution in [1.29, 1.82) is 0 Å². The Balaban J connectivity index is 2.70. The zero-order chi connectivity index (χ0) is 14.2. The molecule has 2 nitrogen and oxygen atoms in total. The summed E-state index contributed by atoms with van der Waals surface area (Å²) in [5.74, 6) is -0.000291. The summed E-state index contributed by atoms with van der Waals surface area (Å²) < 4.78 is 40.4. The number of hydrogen-bond acceptors (Lipinski definition) is 2. The Morgan fingerprint density at radius 1 is 1.26 bits per heavy atom. The van der Waals surface area contributed by atoms with E-state index < -0.39 is 11.9 Å². The molecule has 0 unspecified atom stereocenters. The predicted octanol–water partition coefficient (Wildman–Crippen LogP) is 3.94. The van der Waals surface area contributed by atoms with Crippen molar-refractivity contribution >= 4 is 12.6 Å². The lowest BCUT2D eigenvalue weighted by atomic mass is 10.1. The number of rotatable bonds is 2. The second kappa shape index (κ2) is 4.92. The molecule has 2 rings (SSSR count). The fourth-order valence-corrected chi connectivity index (χ4v) is 2.18. The van der Waals surface area contributed by atoms with E-state index in [0.717, 1.165) is 15.8 Å². The van der Waals surface area contributed by atoms with E-state index in [0.29, 0.717) is 5.69 Å². The van der Waals surface area contributed by atoms with Crippen LogP contribution in [0.5, 0.6) is 0 Å². The summed E-state index contributed by atoms with van der Waals surface area (Å²) in [6.07, 6.45) is -3.23. The van der Waals surface area contributed by atoms with Crippen LogP contribution < -0.4 is 0 Å². The fourth-order valence-electron chi connectivity index (χ4n) is 1.95. The van der Waals surface area contributed by atoms with Gasteiger partial charge in [-0.05, 0) is 31.0 Å². The van der Waals surface area contributed by atoms with Gasteiger partial charge >= 0.3 is 6.18 Å². The van der Waals surface area contributed by atoms with Crippen LogP contribution in [0.4, 0.5) is 13.2 Å². The minimum atomic E-state index is -4.45. The third kappa shape index (κ3) is 2.49. The van der Waals surface area contributed by atoms with Crippen LogP contribution in [0, 0.1) is 13.8 Å². The number of hydrogen-bond donors (Lipinski definition) is 1. The minimum absolute atomic E-state index is 0.000291. The lowest BCUT2D eigenvalue weighted by Gasteiger charge is -2.15. The summed E-state index contributed by atoms with van der Waals surface area (Å²) in [4.78, 5) is 0. The summed E-state index contributed by atoms with van der Waals surface area (Å²) in [5, 5.41) is 3.87. The van der Waals surface area contributed by atoms with Gasteiger partial charge in [-0.25, -0.2) is 4.68 Å². The molecule has 0 atom stereocenters. The first-order valence-electron chi connectivity index (χ1n) is 5.67. The lowest BCUT2D eigenvalue weighted by molar-refractivity contribution is -0.143. The van der Waals surface area contributed by atoms with Gasteiger partial charge in [0.25, 0.3) is 0 Å². The third-order valence-electron chi connectivity index (χ3n) is 3.09. The standard InChI is InChI=1S/C13H13F3N2S/c1-8-4-3-5-11(9(8)2)18-12(13(14,15)16)10(7-19)6-17-18/h3-6,19H,7H2,1-2H3. The largest absolute Gasteiger partial charge is 0.433 e. The van der Waals surface area contributed by atoms with Gasteiger partial charge in [-0.15, -0.1) is 0 Å². The predicted molar refractivity (Wildman–Crippen MR) is 70.7 cm³/mol. The van der Waals surface area contributed by atoms with Crippen LogP contribution in [-0.2, 0) is 11.9 Å². The lowest BCUT2D eigenvalue weighted by Crippen LogP contribution is -2.16. The number of alkyl halides is 3. The SMILES string of the molecule is Cc1cccc(-n2ncc(CS)c2C(F)(F)F)c1C. The first-order chi connectivity index (χ1) is 8.86. The molecule has 6 heteroatoms. The van der Waals surface area contributed by atoms with Crippen molar-refractivity contribution in [1.82, 2.24) is 9.78 Å². The summed E-state index contributed by atoms with van der Waals surface area (Å²) in [6, 6.07) is 5.21. The summed E-state index contributed by atoms with van der Waals surface area (Å²) in [5.41, 5.74) is 1.48. The highest BCUT2D eigenvalue weighted by Gasteiger charge is 2.38. The highest BCUT2D eigenvalue weighted by Crippen LogP contribution is 2.35. The first-order valence-corrected chi connectivity index (χ1v) is 6.31. The zero-order valence-corrected chi connectivity index (χ0v) is 11.4. The molecule has 1 aromatic heterocycles. The van der Waals surface area contributed by atoms with Gasteiger partial charge in [-0.1, -0.05) is 12.1 Å². The Bertz CT molecular complexity index is 602. The Morgan fingerprint density at radius 3 is 2.53 bits per heavy atom. The molecule has 0 aliphatic heterocycles. The molecule has 0 radical (unpaired) electrons. The van der Waals surface area contributed by atoms with Crippen LogP contribution in [0.3, 0.4) is 0 Å².